The maximum Gasteiger partial charge on any atom is 0.411 e. The molecule has 0 saturated carbocycles. The lowest BCUT2D eigenvalue weighted by Crippen LogP contribution is -2.47. The Kier molecular flexibility index (Phi) is 7.76. The third-order valence-corrected chi connectivity index (χ3v) is 2.50. The standard InChI is InChI=1S/C14H25NO6/c1-7-20-11(16)8-9-15(10(2)12(17)19-6)13(18)21-14(3,4)5/h10H,7-9H2,1-6H3/t10-/m1/s1. The Labute approximate surface area is 125 Å². The fraction of sp³-hybridized carbons (Fsp3) is 0.786. The zero-order chi connectivity index (χ0) is 16.6. The number of esters is 2. The zero-order valence-corrected chi connectivity index (χ0v) is 13.6. The molecule has 0 aliphatic rings. The molecule has 1 atom stereocenters. The Morgan fingerprint density at radius 1 is 1.19 bits per heavy atom. The van der Waals surface area contributed by atoms with E-state index >= 15 is 0 Å². The molecule has 122 valence electrons. The second-order valence-corrected chi connectivity index (χ2v) is 5.43. The van der Waals surface area contributed by atoms with Gasteiger partial charge in [-0.1, -0.05) is 0 Å². The first-order chi connectivity index (χ1) is 9.62. The molecule has 0 rings (SSSR count). The van der Waals surface area contributed by atoms with E-state index in [4.69, 9.17) is 9.47 Å². The van der Waals surface area contributed by atoms with E-state index in [0.29, 0.717) is 0 Å². The summed E-state index contributed by atoms with van der Waals surface area (Å²) >= 11 is 0. The van der Waals surface area contributed by atoms with E-state index in [2.05, 4.69) is 4.74 Å². The van der Waals surface area contributed by atoms with Crippen molar-refractivity contribution in [2.45, 2.75) is 52.7 Å². The molecule has 0 aromatic heterocycles. The van der Waals surface area contributed by atoms with Gasteiger partial charge < -0.3 is 14.2 Å². The summed E-state index contributed by atoms with van der Waals surface area (Å²) in [5.74, 6) is -1.02. The first kappa shape index (κ1) is 19.2. The molecule has 0 aliphatic carbocycles. The predicted octanol–water partition coefficient (Wildman–Crippen LogP) is 1.74. The van der Waals surface area contributed by atoms with E-state index in [1.807, 2.05) is 0 Å². The van der Waals surface area contributed by atoms with E-state index in [1.54, 1.807) is 27.7 Å². The topological polar surface area (TPSA) is 82.1 Å². The highest BCUT2D eigenvalue weighted by atomic mass is 16.6. The van der Waals surface area contributed by atoms with Crippen LogP contribution in [0.25, 0.3) is 0 Å². The molecule has 0 aromatic rings. The molecular weight excluding hydrogens is 278 g/mol. The van der Waals surface area contributed by atoms with Gasteiger partial charge in [-0.25, -0.2) is 9.59 Å². The number of carbonyl (C=O) groups excluding carboxylic acids is 3. The third-order valence-electron chi connectivity index (χ3n) is 2.50. The van der Waals surface area contributed by atoms with Crippen molar-refractivity contribution in [3.05, 3.63) is 0 Å². The molecule has 0 radical (unpaired) electrons. The summed E-state index contributed by atoms with van der Waals surface area (Å²) in [5.41, 5.74) is -0.699. The van der Waals surface area contributed by atoms with Crippen LogP contribution in [0, 0.1) is 0 Å². The van der Waals surface area contributed by atoms with E-state index < -0.39 is 29.7 Å². The van der Waals surface area contributed by atoms with E-state index in [1.165, 1.54) is 14.0 Å². The molecule has 0 fully saturated rings. The van der Waals surface area contributed by atoms with Crippen molar-refractivity contribution in [1.82, 2.24) is 4.90 Å². The fourth-order valence-corrected chi connectivity index (χ4v) is 1.51. The van der Waals surface area contributed by atoms with Crippen molar-refractivity contribution < 1.29 is 28.6 Å². The Balaban J connectivity index is 4.88. The molecule has 0 aliphatic heterocycles. The lowest BCUT2D eigenvalue weighted by Gasteiger charge is -2.30. The Morgan fingerprint density at radius 3 is 2.19 bits per heavy atom. The molecule has 0 heterocycles. The summed E-state index contributed by atoms with van der Waals surface area (Å²) in [6.45, 7) is 8.65. The van der Waals surface area contributed by atoms with Gasteiger partial charge in [0.25, 0.3) is 0 Å². The van der Waals surface area contributed by atoms with Crippen molar-refractivity contribution in [3.8, 4) is 0 Å². The average Bonchev–Trinajstić information content (AvgIpc) is 2.35. The normalized spacial score (nSPS) is 12.3. The minimum absolute atomic E-state index is 0.0179. The molecule has 0 aromatic carbocycles. The van der Waals surface area contributed by atoms with Gasteiger partial charge in [0, 0.05) is 6.54 Å². The quantitative estimate of drug-likeness (QED) is 0.549. The molecule has 7 nitrogen and oxygen atoms in total. The SMILES string of the molecule is CCOC(=O)CCN(C(=O)OC(C)(C)C)[C@H](C)C(=O)OC. The maximum atomic E-state index is 12.1. The average molecular weight is 303 g/mol. The molecule has 7 heteroatoms. The van der Waals surface area contributed by atoms with E-state index in [9.17, 15) is 14.4 Å². The summed E-state index contributed by atoms with van der Waals surface area (Å²) in [7, 11) is 1.23. The number of methoxy groups -OCH3 is 1. The number of carbonyl (C=O) groups is 3. The predicted molar refractivity (Wildman–Crippen MR) is 75.7 cm³/mol. The van der Waals surface area contributed by atoms with Crippen LogP contribution in [0.15, 0.2) is 0 Å². The fourth-order valence-electron chi connectivity index (χ4n) is 1.51. The summed E-state index contributed by atoms with van der Waals surface area (Å²) < 4.78 is 14.7. The third kappa shape index (κ3) is 7.53. The van der Waals surface area contributed by atoms with Gasteiger partial charge in [-0.05, 0) is 34.6 Å². The largest absolute Gasteiger partial charge is 0.467 e. The molecule has 0 unspecified atom stereocenters. The van der Waals surface area contributed by atoms with Crippen molar-refractivity contribution in [2.24, 2.45) is 0 Å². The molecule has 0 saturated heterocycles. The zero-order valence-electron chi connectivity index (χ0n) is 13.6. The number of hydrogen-bond donors (Lipinski definition) is 0. The Morgan fingerprint density at radius 2 is 1.76 bits per heavy atom. The molecule has 1 amide bonds. The van der Waals surface area contributed by atoms with Gasteiger partial charge in [0.15, 0.2) is 0 Å². The van der Waals surface area contributed by atoms with E-state index in [0.717, 1.165) is 4.90 Å². The van der Waals surface area contributed by atoms with Gasteiger partial charge in [0.1, 0.15) is 11.6 Å². The van der Waals surface area contributed by atoms with Gasteiger partial charge in [0.2, 0.25) is 0 Å². The highest BCUT2D eigenvalue weighted by Crippen LogP contribution is 2.13. The minimum atomic E-state index is -0.848. The van der Waals surface area contributed by atoms with Crippen molar-refractivity contribution in [2.75, 3.05) is 20.3 Å². The summed E-state index contributed by atoms with van der Waals surface area (Å²) in [4.78, 5) is 36.3. The van der Waals surface area contributed by atoms with Crippen molar-refractivity contribution >= 4 is 18.0 Å². The summed E-state index contributed by atoms with van der Waals surface area (Å²) in [6, 6.07) is -0.848. The van der Waals surface area contributed by atoms with Crippen LogP contribution in [0.3, 0.4) is 0 Å². The van der Waals surface area contributed by atoms with E-state index in [-0.39, 0.29) is 19.6 Å². The highest BCUT2D eigenvalue weighted by Gasteiger charge is 2.30. The van der Waals surface area contributed by atoms with Gasteiger partial charge >= 0.3 is 18.0 Å². The summed E-state index contributed by atoms with van der Waals surface area (Å²) in [5, 5.41) is 0. The highest BCUT2D eigenvalue weighted by molar-refractivity contribution is 5.81. The van der Waals surface area contributed by atoms with Gasteiger partial charge in [0.05, 0.1) is 20.1 Å². The molecule has 21 heavy (non-hydrogen) atoms. The van der Waals surface area contributed by atoms with Gasteiger partial charge in [-0.2, -0.15) is 0 Å². The molecule has 0 spiro atoms. The van der Waals surface area contributed by atoms with Crippen LogP contribution in [0.5, 0.6) is 0 Å². The second kappa shape index (κ2) is 8.49. The Bertz CT molecular complexity index is 374. The van der Waals surface area contributed by atoms with Crippen molar-refractivity contribution in [3.63, 3.8) is 0 Å². The van der Waals surface area contributed by atoms with Crippen LogP contribution < -0.4 is 0 Å². The number of rotatable bonds is 6. The summed E-state index contributed by atoms with van der Waals surface area (Å²) in [6.07, 6.45) is -0.696. The van der Waals surface area contributed by atoms with Gasteiger partial charge in [-0.15, -0.1) is 0 Å². The second-order valence-electron chi connectivity index (χ2n) is 5.43. The molecular formula is C14H25NO6. The Hall–Kier alpha value is -1.79. The molecule has 0 bridgehead atoms. The lowest BCUT2D eigenvalue weighted by atomic mass is 10.2. The first-order valence-electron chi connectivity index (χ1n) is 6.85. The van der Waals surface area contributed by atoms with Gasteiger partial charge in [-0.3, -0.25) is 9.69 Å². The van der Waals surface area contributed by atoms with Crippen LogP contribution in [-0.2, 0) is 23.8 Å². The monoisotopic (exact) mass is 303 g/mol. The number of amides is 1. The molecule has 0 N–H and O–H groups in total. The van der Waals surface area contributed by atoms with Crippen LogP contribution in [0.4, 0.5) is 4.79 Å². The number of nitrogens with zero attached hydrogens (tertiary/aromatic N) is 1. The van der Waals surface area contributed by atoms with Crippen molar-refractivity contribution in [1.29, 1.82) is 0 Å². The first-order valence-corrected chi connectivity index (χ1v) is 6.85. The van der Waals surface area contributed by atoms with Crippen LogP contribution >= 0.6 is 0 Å². The van der Waals surface area contributed by atoms with Crippen LogP contribution in [-0.4, -0.2) is 54.8 Å². The minimum Gasteiger partial charge on any atom is -0.467 e. The lowest BCUT2D eigenvalue weighted by molar-refractivity contribution is -0.148. The number of hydrogen-bond acceptors (Lipinski definition) is 6. The number of ether oxygens (including phenoxy) is 3. The smallest absolute Gasteiger partial charge is 0.411 e. The van der Waals surface area contributed by atoms with Crippen LogP contribution in [0.2, 0.25) is 0 Å². The maximum absolute atomic E-state index is 12.1. The van der Waals surface area contributed by atoms with Crippen LogP contribution in [0.1, 0.15) is 41.0 Å².